The topological polar surface area (TPSA) is 78.9 Å². The van der Waals surface area contributed by atoms with E-state index in [0.717, 1.165) is 82.6 Å². The van der Waals surface area contributed by atoms with Gasteiger partial charge in [-0.15, -0.1) is 0 Å². The van der Waals surface area contributed by atoms with Gasteiger partial charge in [-0.2, -0.15) is 0 Å². The molecule has 282 valence electrons. The number of esters is 3. The van der Waals surface area contributed by atoms with Gasteiger partial charge in [0.1, 0.15) is 11.9 Å². The molecule has 0 aliphatic rings. The van der Waals surface area contributed by atoms with Gasteiger partial charge in [-0.1, -0.05) is 149 Å². The Labute approximate surface area is 301 Å². The molecule has 0 bridgehead atoms. The molecule has 6 nitrogen and oxygen atoms in total. The van der Waals surface area contributed by atoms with Crippen molar-refractivity contribution in [2.45, 2.75) is 207 Å². The first-order valence-electron chi connectivity index (χ1n) is 20.6. The molecular formula is C43H74O6. The standard InChI is InChI=1S/C43H74O6/c1-5-9-11-13-16-20-26-39(27-21-17-14-12-10-6-2)48-41(44)28-22-18-15-19-23-29-42(45)49-40-32-30-38(31-33-40)36-43(46)47-35-34-37(24-7-3)25-8-4/h30-33,37,39H,5-29,34-36H2,1-4H3. The van der Waals surface area contributed by atoms with Crippen LogP contribution in [-0.4, -0.2) is 30.6 Å². The van der Waals surface area contributed by atoms with Crippen molar-refractivity contribution >= 4 is 17.9 Å². The predicted octanol–water partition coefficient (Wildman–Crippen LogP) is 12.4. The van der Waals surface area contributed by atoms with Crippen LogP contribution < -0.4 is 4.74 Å². The molecule has 6 heteroatoms. The molecule has 0 aromatic heterocycles. The molecule has 0 atom stereocenters. The van der Waals surface area contributed by atoms with E-state index in [4.69, 9.17) is 14.2 Å². The second-order valence-electron chi connectivity index (χ2n) is 14.2. The minimum absolute atomic E-state index is 0.0450. The second-order valence-corrected chi connectivity index (χ2v) is 14.2. The van der Waals surface area contributed by atoms with Crippen molar-refractivity contribution in [3.63, 3.8) is 0 Å². The average molecular weight is 687 g/mol. The molecule has 0 unspecified atom stereocenters. The molecular weight excluding hydrogens is 612 g/mol. The molecule has 1 rings (SSSR count). The first kappa shape index (κ1) is 44.7. The maximum absolute atomic E-state index is 12.6. The second kappa shape index (κ2) is 31.6. The van der Waals surface area contributed by atoms with E-state index >= 15 is 0 Å². The molecule has 0 heterocycles. The van der Waals surface area contributed by atoms with Crippen LogP contribution in [0.15, 0.2) is 24.3 Å². The summed E-state index contributed by atoms with van der Waals surface area (Å²) in [6.07, 6.45) is 28.4. The molecule has 0 amide bonds. The Balaban J connectivity index is 2.22. The molecule has 1 aromatic rings. The van der Waals surface area contributed by atoms with Gasteiger partial charge in [-0.3, -0.25) is 14.4 Å². The third-order valence-electron chi connectivity index (χ3n) is 9.51. The van der Waals surface area contributed by atoms with Crippen LogP contribution in [-0.2, 0) is 30.3 Å². The van der Waals surface area contributed by atoms with Crippen LogP contribution in [0.5, 0.6) is 5.75 Å². The van der Waals surface area contributed by atoms with E-state index in [-0.39, 0.29) is 30.4 Å². The van der Waals surface area contributed by atoms with Gasteiger partial charge in [0.2, 0.25) is 0 Å². The minimum Gasteiger partial charge on any atom is -0.465 e. The number of ether oxygens (including phenoxy) is 3. The monoisotopic (exact) mass is 687 g/mol. The first-order valence-corrected chi connectivity index (χ1v) is 20.6. The van der Waals surface area contributed by atoms with Gasteiger partial charge in [0, 0.05) is 12.8 Å². The number of hydrogen-bond donors (Lipinski definition) is 0. The van der Waals surface area contributed by atoms with Crippen molar-refractivity contribution in [2.24, 2.45) is 5.92 Å². The molecule has 0 saturated heterocycles. The zero-order chi connectivity index (χ0) is 35.8. The Morgan fingerprint density at radius 3 is 1.53 bits per heavy atom. The highest BCUT2D eigenvalue weighted by Crippen LogP contribution is 2.20. The lowest BCUT2D eigenvalue weighted by Gasteiger charge is -2.18. The Morgan fingerprint density at radius 2 is 1.00 bits per heavy atom. The maximum Gasteiger partial charge on any atom is 0.311 e. The Hall–Kier alpha value is -2.37. The Kier molecular flexibility index (Phi) is 28.8. The third-order valence-corrected chi connectivity index (χ3v) is 9.51. The lowest BCUT2D eigenvalue weighted by atomic mass is 9.95. The summed E-state index contributed by atoms with van der Waals surface area (Å²) in [5.74, 6) is 0.616. The van der Waals surface area contributed by atoms with Crippen molar-refractivity contribution in [3.8, 4) is 5.75 Å². The fraction of sp³-hybridized carbons (Fsp3) is 0.791. The smallest absolute Gasteiger partial charge is 0.311 e. The van der Waals surface area contributed by atoms with Crippen molar-refractivity contribution in [1.29, 1.82) is 0 Å². The third kappa shape index (κ3) is 26.2. The lowest BCUT2D eigenvalue weighted by molar-refractivity contribution is -0.150. The SMILES string of the molecule is CCCCCCCCC(CCCCCCCC)OC(=O)CCCCCCCC(=O)Oc1ccc(CC(=O)OCCC(CCC)CCC)cc1. The van der Waals surface area contributed by atoms with Gasteiger partial charge < -0.3 is 14.2 Å². The van der Waals surface area contributed by atoms with E-state index in [9.17, 15) is 14.4 Å². The number of carbonyl (C=O) groups is 3. The number of rotatable bonds is 33. The van der Waals surface area contributed by atoms with Crippen LogP contribution in [0.4, 0.5) is 0 Å². The molecule has 0 radical (unpaired) electrons. The molecule has 0 aliphatic carbocycles. The molecule has 0 saturated carbocycles. The van der Waals surface area contributed by atoms with Crippen LogP contribution in [0.3, 0.4) is 0 Å². The highest BCUT2D eigenvalue weighted by atomic mass is 16.5. The molecule has 49 heavy (non-hydrogen) atoms. The van der Waals surface area contributed by atoms with E-state index in [1.807, 2.05) is 12.1 Å². The van der Waals surface area contributed by atoms with Crippen molar-refractivity contribution in [2.75, 3.05) is 6.61 Å². The Morgan fingerprint density at radius 1 is 0.510 bits per heavy atom. The van der Waals surface area contributed by atoms with Crippen LogP contribution in [0, 0.1) is 5.92 Å². The number of benzene rings is 1. The molecule has 0 aliphatic heterocycles. The first-order chi connectivity index (χ1) is 23.9. The van der Waals surface area contributed by atoms with Gasteiger partial charge in [0.15, 0.2) is 0 Å². The van der Waals surface area contributed by atoms with Gasteiger partial charge >= 0.3 is 17.9 Å². The van der Waals surface area contributed by atoms with Gasteiger partial charge in [-0.25, -0.2) is 0 Å². The van der Waals surface area contributed by atoms with E-state index < -0.39 is 0 Å². The fourth-order valence-electron chi connectivity index (χ4n) is 6.55. The van der Waals surface area contributed by atoms with E-state index in [0.29, 0.717) is 31.1 Å². The number of hydrogen-bond acceptors (Lipinski definition) is 6. The summed E-state index contributed by atoms with van der Waals surface area (Å²) in [5.41, 5.74) is 0.846. The van der Waals surface area contributed by atoms with Crippen molar-refractivity contribution < 1.29 is 28.6 Å². The van der Waals surface area contributed by atoms with Gasteiger partial charge in [0.05, 0.1) is 13.0 Å². The van der Waals surface area contributed by atoms with Crippen molar-refractivity contribution in [3.05, 3.63) is 29.8 Å². The van der Waals surface area contributed by atoms with Crippen molar-refractivity contribution in [1.82, 2.24) is 0 Å². The van der Waals surface area contributed by atoms with Gasteiger partial charge in [-0.05, 0) is 68.6 Å². The summed E-state index contributed by atoms with van der Waals surface area (Å²) >= 11 is 0. The zero-order valence-corrected chi connectivity index (χ0v) is 32.2. The van der Waals surface area contributed by atoms with E-state index in [1.54, 1.807) is 12.1 Å². The average Bonchev–Trinajstić information content (AvgIpc) is 3.08. The van der Waals surface area contributed by atoms with E-state index in [2.05, 4.69) is 27.7 Å². The van der Waals surface area contributed by atoms with E-state index in [1.165, 1.54) is 77.0 Å². The Bertz CT molecular complexity index is 920. The minimum atomic E-state index is -0.244. The largest absolute Gasteiger partial charge is 0.465 e. The predicted molar refractivity (Wildman–Crippen MR) is 203 cm³/mol. The van der Waals surface area contributed by atoms with Crippen LogP contribution in [0.1, 0.15) is 200 Å². The quantitative estimate of drug-likeness (QED) is 0.0416. The molecule has 0 spiro atoms. The summed E-state index contributed by atoms with van der Waals surface area (Å²) in [6, 6.07) is 7.11. The molecule has 0 N–H and O–H groups in total. The highest BCUT2D eigenvalue weighted by Gasteiger charge is 2.15. The lowest BCUT2D eigenvalue weighted by Crippen LogP contribution is -2.18. The normalized spacial score (nSPS) is 11.3. The van der Waals surface area contributed by atoms with Gasteiger partial charge in [0.25, 0.3) is 0 Å². The summed E-state index contributed by atoms with van der Waals surface area (Å²) in [6.45, 7) is 9.36. The maximum atomic E-state index is 12.6. The summed E-state index contributed by atoms with van der Waals surface area (Å²) < 4.78 is 16.9. The zero-order valence-electron chi connectivity index (χ0n) is 32.2. The number of carbonyl (C=O) groups excluding carboxylic acids is 3. The fourth-order valence-corrected chi connectivity index (χ4v) is 6.55. The van der Waals surface area contributed by atoms with Crippen LogP contribution >= 0.6 is 0 Å². The summed E-state index contributed by atoms with van der Waals surface area (Å²) in [5, 5.41) is 0. The van der Waals surface area contributed by atoms with Crippen LogP contribution in [0.25, 0.3) is 0 Å². The van der Waals surface area contributed by atoms with Crippen LogP contribution in [0.2, 0.25) is 0 Å². The summed E-state index contributed by atoms with van der Waals surface area (Å²) in [4.78, 5) is 37.2. The number of unbranched alkanes of at least 4 members (excludes halogenated alkanes) is 14. The molecule has 0 fully saturated rings. The summed E-state index contributed by atoms with van der Waals surface area (Å²) in [7, 11) is 0. The molecule has 1 aromatic carbocycles. The highest BCUT2D eigenvalue weighted by molar-refractivity contribution is 5.73.